The molecule has 1 aromatic heterocycles. The fourth-order valence-electron chi connectivity index (χ4n) is 4.34. The van der Waals surface area contributed by atoms with E-state index in [1.165, 1.54) is 40.3 Å². The highest BCUT2D eigenvalue weighted by atomic mass is 16.5. The van der Waals surface area contributed by atoms with E-state index in [4.69, 9.17) is 4.52 Å². The van der Waals surface area contributed by atoms with Crippen molar-refractivity contribution in [2.45, 2.75) is 38.3 Å². The molecule has 3 heteroatoms. The van der Waals surface area contributed by atoms with Crippen LogP contribution in [0.5, 0.6) is 0 Å². The summed E-state index contributed by atoms with van der Waals surface area (Å²) in [6.45, 7) is 0.710. The van der Waals surface area contributed by atoms with Crippen LogP contribution in [-0.2, 0) is 19.4 Å². The van der Waals surface area contributed by atoms with Gasteiger partial charge in [0.15, 0.2) is 0 Å². The number of aromatic nitrogens is 1. The van der Waals surface area contributed by atoms with E-state index in [1.54, 1.807) is 0 Å². The summed E-state index contributed by atoms with van der Waals surface area (Å²) in [5.41, 5.74) is 4.94. The Kier molecular flexibility index (Phi) is 4.67. The number of aryl methyl sites for hydroxylation is 1. The van der Waals surface area contributed by atoms with Gasteiger partial charge in [-0.05, 0) is 41.2 Å². The predicted molar refractivity (Wildman–Crippen MR) is 112 cm³/mol. The number of nitrogens with zero attached hydrogens (tertiary/aromatic N) is 1. The van der Waals surface area contributed by atoms with Crippen molar-refractivity contribution >= 4 is 10.8 Å². The fourth-order valence-corrected chi connectivity index (χ4v) is 4.34. The van der Waals surface area contributed by atoms with Gasteiger partial charge in [0.1, 0.15) is 11.5 Å². The van der Waals surface area contributed by atoms with Crippen LogP contribution in [0.4, 0.5) is 0 Å². The lowest BCUT2D eigenvalue weighted by atomic mass is 9.93. The molecule has 3 nitrogen and oxygen atoms in total. The molecule has 1 unspecified atom stereocenters. The first-order valence-electron chi connectivity index (χ1n) is 10.1. The molecule has 0 saturated carbocycles. The fraction of sp³-hybridized carbons (Fsp3) is 0.240. The summed E-state index contributed by atoms with van der Waals surface area (Å²) in [6, 6.07) is 25.9. The Morgan fingerprint density at radius 3 is 2.57 bits per heavy atom. The van der Waals surface area contributed by atoms with E-state index in [9.17, 15) is 0 Å². The molecule has 0 amide bonds. The SMILES string of the molecule is c1ccc(C(NCc2noc3c2CCCC3)c2cccc3ccccc23)cc1. The molecule has 140 valence electrons. The van der Waals surface area contributed by atoms with Crippen molar-refractivity contribution in [3.8, 4) is 0 Å². The molecule has 5 rings (SSSR count). The zero-order valence-corrected chi connectivity index (χ0v) is 15.9. The van der Waals surface area contributed by atoms with Crippen LogP contribution in [-0.4, -0.2) is 5.16 Å². The minimum absolute atomic E-state index is 0.100. The summed E-state index contributed by atoms with van der Waals surface area (Å²) in [4.78, 5) is 0. The Bertz CT molecular complexity index is 1080. The first-order chi connectivity index (χ1) is 13.9. The van der Waals surface area contributed by atoms with Gasteiger partial charge in [-0.3, -0.25) is 0 Å². The van der Waals surface area contributed by atoms with Gasteiger partial charge in [-0.1, -0.05) is 78.0 Å². The smallest absolute Gasteiger partial charge is 0.140 e. The molecule has 0 aliphatic heterocycles. The zero-order valence-electron chi connectivity index (χ0n) is 15.9. The third-order valence-electron chi connectivity index (χ3n) is 5.77. The van der Waals surface area contributed by atoms with Gasteiger partial charge in [0.25, 0.3) is 0 Å². The van der Waals surface area contributed by atoms with Crippen molar-refractivity contribution in [2.75, 3.05) is 0 Å². The van der Waals surface area contributed by atoms with Crippen molar-refractivity contribution in [3.63, 3.8) is 0 Å². The summed E-state index contributed by atoms with van der Waals surface area (Å²) in [6.07, 6.45) is 4.54. The van der Waals surface area contributed by atoms with E-state index in [0.29, 0.717) is 6.54 Å². The number of nitrogens with one attached hydrogen (secondary N) is 1. The summed E-state index contributed by atoms with van der Waals surface area (Å²) >= 11 is 0. The van der Waals surface area contributed by atoms with Crippen molar-refractivity contribution in [2.24, 2.45) is 0 Å². The van der Waals surface area contributed by atoms with Gasteiger partial charge in [0.2, 0.25) is 0 Å². The van der Waals surface area contributed by atoms with E-state index >= 15 is 0 Å². The highest BCUT2D eigenvalue weighted by Crippen LogP contribution is 2.30. The Morgan fingerprint density at radius 1 is 0.857 bits per heavy atom. The molecular weight excluding hydrogens is 344 g/mol. The van der Waals surface area contributed by atoms with Gasteiger partial charge in [-0.15, -0.1) is 0 Å². The Morgan fingerprint density at radius 2 is 1.64 bits per heavy atom. The lowest BCUT2D eigenvalue weighted by Gasteiger charge is -2.21. The number of fused-ring (bicyclic) bond motifs is 2. The van der Waals surface area contributed by atoms with Gasteiger partial charge in [-0.2, -0.15) is 0 Å². The molecule has 3 aromatic carbocycles. The molecule has 28 heavy (non-hydrogen) atoms. The van der Waals surface area contributed by atoms with Gasteiger partial charge in [0.05, 0.1) is 6.04 Å². The average molecular weight is 368 g/mol. The van der Waals surface area contributed by atoms with Crippen LogP contribution in [0.2, 0.25) is 0 Å². The highest BCUT2D eigenvalue weighted by molar-refractivity contribution is 5.86. The zero-order chi connectivity index (χ0) is 18.8. The maximum Gasteiger partial charge on any atom is 0.140 e. The van der Waals surface area contributed by atoms with Gasteiger partial charge < -0.3 is 9.84 Å². The van der Waals surface area contributed by atoms with Crippen molar-refractivity contribution in [3.05, 3.63) is 101 Å². The summed E-state index contributed by atoms with van der Waals surface area (Å²) in [5.74, 6) is 1.09. The minimum atomic E-state index is 0.100. The summed E-state index contributed by atoms with van der Waals surface area (Å²) < 4.78 is 5.61. The molecule has 1 heterocycles. The van der Waals surface area contributed by atoms with E-state index in [2.05, 4.69) is 83.3 Å². The Balaban J connectivity index is 1.51. The number of benzene rings is 3. The summed E-state index contributed by atoms with van der Waals surface area (Å²) in [5, 5.41) is 10.7. The molecule has 1 aliphatic carbocycles. The van der Waals surface area contributed by atoms with Gasteiger partial charge >= 0.3 is 0 Å². The second-order valence-corrected chi connectivity index (χ2v) is 7.53. The predicted octanol–water partition coefficient (Wildman–Crippen LogP) is 5.59. The van der Waals surface area contributed by atoms with Crippen LogP contribution in [0, 0.1) is 0 Å². The topological polar surface area (TPSA) is 38.1 Å². The van der Waals surface area contributed by atoms with Gasteiger partial charge in [-0.25, -0.2) is 0 Å². The van der Waals surface area contributed by atoms with E-state index in [1.807, 2.05) is 0 Å². The van der Waals surface area contributed by atoms with Crippen LogP contribution in [0.3, 0.4) is 0 Å². The average Bonchev–Trinajstić information content (AvgIpc) is 3.18. The normalized spacial score (nSPS) is 14.7. The van der Waals surface area contributed by atoms with Crippen molar-refractivity contribution < 1.29 is 4.52 Å². The quantitative estimate of drug-likeness (QED) is 0.499. The Labute approximate surface area is 165 Å². The monoisotopic (exact) mass is 368 g/mol. The lowest BCUT2D eigenvalue weighted by Crippen LogP contribution is -2.23. The van der Waals surface area contributed by atoms with Crippen LogP contribution < -0.4 is 5.32 Å². The molecule has 0 fully saturated rings. The molecule has 1 N–H and O–H groups in total. The molecule has 0 bridgehead atoms. The third-order valence-corrected chi connectivity index (χ3v) is 5.77. The van der Waals surface area contributed by atoms with Crippen molar-refractivity contribution in [1.82, 2.24) is 10.5 Å². The third kappa shape index (κ3) is 3.23. The molecule has 0 saturated heterocycles. The summed E-state index contributed by atoms with van der Waals surface area (Å²) in [7, 11) is 0. The van der Waals surface area contributed by atoms with E-state index in [0.717, 1.165) is 24.3 Å². The van der Waals surface area contributed by atoms with Gasteiger partial charge in [0, 0.05) is 18.5 Å². The number of rotatable bonds is 5. The maximum absolute atomic E-state index is 5.61. The molecule has 0 radical (unpaired) electrons. The van der Waals surface area contributed by atoms with E-state index < -0.39 is 0 Å². The number of hydrogen-bond donors (Lipinski definition) is 1. The maximum atomic E-state index is 5.61. The molecule has 0 spiro atoms. The lowest BCUT2D eigenvalue weighted by molar-refractivity contribution is 0.366. The first-order valence-corrected chi connectivity index (χ1v) is 10.1. The van der Waals surface area contributed by atoms with Crippen molar-refractivity contribution in [1.29, 1.82) is 0 Å². The molecule has 4 aromatic rings. The largest absolute Gasteiger partial charge is 0.361 e. The standard InChI is InChI=1S/C25H24N2O/c1-2-10-19(11-3-1)25(21-15-8-12-18-9-4-5-13-20(18)21)26-17-23-22-14-6-7-16-24(22)28-27-23/h1-5,8-13,15,25-26H,6-7,14,16-17H2. The van der Waals surface area contributed by atoms with Crippen LogP contribution >= 0.6 is 0 Å². The van der Waals surface area contributed by atoms with Crippen LogP contribution in [0.15, 0.2) is 77.3 Å². The molecule has 1 atom stereocenters. The van der Waals surface area contributed by atoms with E-state index in [-0.39, 0.29) is 6.04 Å². The number of hydrogen-bond acceptors (Lipinski definition) is 3. The Hall–Kier alpha value is -2.91. The highest BCUT2D eigenvalue weighted by Gasteiger charge is 2.21. The molecular formula is C25H24N2O. The minimum Gasteiger partial charge on any atom is -0.361 e. The van der Waals surface area contributed by atoms with Crippen LogP contribution in [0.25, 0.3) is 10.8 Å². The van der Waals surface area contributed by atoms with Crippen LogP contribution in [0.1, 0.15) is 47.0 Å². The second kappa shape index (κ2) is 7.61. The first kappa shape index (κ1) is 17.2. The second-order valence-electron chi connectivity index (χ2n) is 7.53. The molecule has 1 aliphatic rings.